The standard InChI is InChI=1S/3C2H2Cl.Sb/c3*1-2-3;/h3*1-2H;. The molecule has 0 radical (unpaired) electrons. The van der Waals surface area contributed by atoms with Gasteiger partial charge in [-0.2, -0.15) is 0 Å². The van der Waals surface area contributed by atoms with E-state index in [-0.39, 0.29) is 0 Å². The van der Waals surface area contributed by atoms with Crippen LogP contribution in [0, 0.1) is 0 Å². The van der Waals surface area contributed by atoms with E-state index in [1.807, 2.05) is 12.1 Å². The predicted octanol–water partition coefficient (Wildman–Crippen LogP) is 3.36. The second-order valence-electron chi connectivity index (χ2n) is 1.27. The van der Waals surface area contributed by atoms with Crippen molar-refractivity contribution >= 4 is 55.0 Å². The van der Waals surface area contributed by atoms with Gasteiger partial charge in [0.15, 0.2) is 0 Å². The third-order valence-electron chi connectivity index (χ3n) is 0.685. The Hall–Kier alpha value is 0.908. The maximum absolute atomic E-state index is 5.38. The molecule has 0 heterocycles. The van der Waals surface area contributed by atoms with Crippen LogP contribution < -0.4 is 0 Å². The van der Waals surface area contributed by atoms with Crippen LogP contribution in [0.2, 0.25) is 0 Å². The Balaban J connectivity index is 3.97. The van der Waals surface area contributed by atoms with Crippen molar-refractivity contribution in [3.63, 3.8) is 0 Å². The molecule has 0 unspecified atom stereocenters. The normalized spacial score (nSPS) is 13.2. The van der Waals surface area contributed by atoms with Crippen LogP contribution in [0.5, 0.6) is 0 Å². The summed E-state index contributed by atoms with van der Waals surface area (Å²) in [5.74, 6) is 0. The molecule has 0 aliphatic carbocycles. The number of halogens is 3. The molecule has 0 amide bonds. The zero-order valence-corrected chi connectivity index (χ0v) is 9.87. The molecular weight excluding hydrogens is 300 g/mol. The van der Waals surface area contributed by atoms with Gasteiger partial charge in [-0.15, -0.1) is 0 Å². The van der Waals surface area contributed by atoms with Gasteiger partial charge in [-0.1, -0.05) is 0 Å². The fourth-order valence-electron chi connectivity index (χ4n) is 0.344. The summed E-state index contributed by atoms with van der Waals surface area (Å²) in [5.41, 5.74) is 4.53. The first-order chi connectivity index (χ1) is 4.85. The van der Waals surface area contributed by atoms with E-state index >= 15 is 0 Å². The minimum atomic E-state index is -1.57. The quantitative estimate of drug-likeness (QED) is 0.702. The zero-order valence-electron chi connectivity index (χ0n) is 5.05. The van der Waals surface area contributed by atoms with Crippen molar-refractivity contribution in [1.29, 1.82) is 0 Å². The third kappa shape index (κ3) is 5.67. The van der Waals surface area contributed by atoms with Gasteiger partial charge in [0.2, 0.25) is 0 Å². The molecule has 0 aromatic carbocycles. The Kier molecular flexibility index (Phi) is 8.74. The van der Waals surface area contributed by atoms with E-state index in [0.29, 0.717) is 0 Å². The molecule has 0 aliphatic heterocycles. The fraction of sp³-hybridized carbons (Fsp3) is 0. The van der Waals surface area contributed by atoms with Crippen LogP contribution >= 0.6 is 34.8 Å². The van der Waals surface area contributed by atoms with Gasteiger partial charge in [-0.05, 0) is 0 Å². The monoisotopic (exact) mass is 304 g/mol. The van der Waals surface area contributed by atoms with E-state index in [4.69, 9.17) is 34.8 Å². The van der Waals surface area contributed by atoms with Crippen LogP contribution in [0.25, 0.3) is 0 Å². The molecule has 0 aliphatic rings. The van der Waals surface area contributed by atoms with Crippen molar-refractivity contribution in [1.82, 2.24) is 0 Å². The summed E-state index contributed by atoms with van der Waals surface area (Å²) in [5, 5.41) is 0. The Morgan fingerprint density at radius 1 is 0.700 bits per heavy atom. The van der Waals surface area contributed by atoms with Gasteiger partial charge in [0.05, 0.1) is 0 Å². The molecule has 0 rings (SSSR count). The van der Waals surface area contributed by atoms with E-state index in [9.17, 15) is 0 Å². The molecule has 0 saturated heterocycles. The molecule has 0 fully saturated rings. The molecule has 0 nitrogen and oxygen atoms in total. The average molecular weight is 306 g/mol. The van der Waals surface area contributed by atoms with Gasteiger partial charge >= 0.3 is 83.7 Å². The summed E-state index contributed by atoms with van der Waals surface area (Å²) in [6, 6.07) is 0. The number of hydrogen-bond donors (Lipinski definition) is 0. The molecule has 0 N–H and O–H groups in total. The number of rotatable bonds is 3. The Labute approximate surface area is 83.1 Å². The van der Waals surface area contributed by atoms with Crippen molar-refractivity contribution in [2.45, 2.75) is 0 Å². The van der Waals surface area contributed by atoms with Gasteiger partial charge in [0.1, 0.15) is 0 Å². The first-order valence-electron chi connectivity index (χ1n) is 2.43. The van der Waals surface area contributed by atoms with Crippen LogP contribution in [-0.4, -0.2) is 20.2 Å². The molecule has 10 heavy (non-hydrogen) atoms. The topological polar surface area (TPSA) is 0 Å². The molecule has 0 aromatic rings. The van der Waals surface area contributed by atoms with Gasteiger partial charge in [-0.25, -0.2) is 0 Å². The molecule has 0 bridgehead atoms. The fourth-order valence-corrected chi connectivity index (χ4v) is 4.93. The molecule has 0 saturated carbocycles. The molecular formula is C6H6Cl3Sb. The Bertz CT molecular complexity index is 123. The van der Waals surface area contributed by atoms with Crippen LogP contribution in [0.15, 0.2) is 28.7 Å². The summed E-state index contributed by atoms with van der Waals surface area (Å²) >= 11 is 14.6. The SMILES string of the molecule is Cl/C=[CH]\[Sb](/[CH]=C\Cl)/[CH]=C\Cl. The van der Waals surface area contributed by atoms with Gasteiger partial charge in [0, 0.05) is 0 Å². The third-order valence-corrected chi connectivity index (χ3v) is 6.87. The van der Waals surface area contributed by atoms with Gasteiger partial charge < -0.3 is 0 Å². The molecule has 0 spiro atoms. The van der Waals surface area contributed by atoms with Gasteiger partial charge in [-0.3, -0.25) is 0 Å². The maximum atomic E-state index is 5.38. The van der Waals surface area contributed by atoms with Crippen molar-refractivity contribution < 1.29 is 0 Å². The summed E-state index contributed by atoms with van der Waals surface area (Å²) in [4.78, 5) is 0. The first kappa shape index (κ1) is 10.9. The average Bonchev–Trinajstić information content (AvgIpc) is 1.90. The van der Waals surface area contributed by atoms with E-state index in [0.717, 1.165) is 0 Å². The summed E-state index contributed by atoms with van der Waals surface area (Å²) < 4.78 is 5.84. The van der Waals surface area contributed by atoms with Crippen molar-refractivity contribution in [2.24, 2.45) is 0 Å². The van der Waals surface area contributed by atoms with Crippen LogP contribution in [0.4, 0.5) is 0 Å². The molecule has 56 valence electrons. The van der Waals surface area contributed by atoms with Crippen molar-refractivity contribution in [3.05, 3.63) is 28.7 Å². The van der Waals surface area contributed by atoms with Crippen molar-refractivity contribution in [2.75, 3.05) is 0 Å². The van der Waals surface area contributed by atoms with Gasteiger partial charge in [0.25, 0.3) is 0 Å². The van der Waals surface area contributed by atoms with Crippen LogP contribution in [0.3, 0.4) is 0 Å². The summed E-state index contributed by atoms with van der Waals surface area (Å²) in [7, 11) is 0. The molecule has 0 aromatic heterocycles. The summed E-state index contributed by atoms with van der Waals surface area (Å²) in [6.45, 7) is 0. The van der Waals surface area contributed by atoms with Crippen LogP contribution in [0.1, 0.15) is 0 Å². The van der Waals surface area contributed by atoms with E-state index < -0.39 is 20.2 Å². The van der Waals surface area contributed by atoms with Crippen molar-refractivity contribution in [3.8, 4) is 0 Å². The summed E-state index contributed by atoms with van der Waals surface area (Å²) in [6.07, 6.45) is 0. The van der Waals surface area contributed by atoms with Crippen LogP contribution in [-0.2, 0) is 0 Å². The predicted molar refractivity (Wildman–Crippen MR) is 50.7 cm³/mol. The second-order valence-corrected chi connectivity index (χ2v) is 7.13. The Morgan fingerprint density at radius 3 is 1.20 bits per heavy atom. The minimum absolute atomic E-state index is 1.51. The molecule has 0 atom stereocenters. The number of hydrogen-bond acceptors (Lipinski definition) is 0. The zero-order chi connectivity index (χ0) is 7.82. The first-order valence-corrected chi connectivity index (χ1v) is 8.16. The van der Waals surface area contributed by atoms with E-state index in [1.54, 1.807) is 0 Å². The Morgan fingerprint density at radius 2 is 1.00 bits per heavy atom. The molecule has 4 heteroatoms. The van der Waals surface area contributed by atoms with E-state index in [2.05, 4.69) is 0 Å². The second kappa shape index (κ2) is 8.01. The van der Waals surface area contributed by atoms with E-state index in [1.165, 1.54) is 16.6 Å².